The number of rotatable bonds is 3. The lowest BCUT2D eigenvalue weighted by molar-refractivity contribution is 0.0696. The van der Waals surface area contributed by atoms with Crippen LogP contribution in [0.15, 0.2) is 12.3 Å². The van der Waals surface area contributed by atoms with E-state index in [1.165, 1.54) is 12.3 Å². The zero-order valence-electron chi connectivity index (χ0n) is 10.5. The van der Waals surface area contributed by atoms with Gasteiger partial charge in [-0.2, -0.15) is 0 Å². The number of pyridine rings is 1. The molecule has 1 N–H and O–H groups in total. The molecule has 0 aliphatic carbocycles. The zero-order chi connectivity index (χ0) is 13.2. The van der Waals surface area contributed by atoms with Crippen LogP contribution in [0.5, 0.6) is 0 Å². The lowest BCUT2D eigenvalue weighted by atomic mass is 9.96. The van der Waals surface area contributed by atoms with Crippen molar-refractivity contribution in [1.29, 1.82) is 0 Å². The maximum Gasteiger partial charge on any atom is 0.337 e. The molecule has 5 heteroatoms. The van der Waals surface area contributed by atoms with Crippen molar-refractivity contribution < 1.29 is 9.90 Å². The Morgan fingerprint density at radius 1 is 1.53 bits per heavy atom. The summed E-state index contributed by atoms with van der Waals surface area (Å²) in [6.45, 7) is 7.13. The third-order valence-corrected chi connectivity index (χ3v) is 2.42. The molecule has 0 aliphatic rings. The highest BCUT2D eigenvalue weighted by Gasteiger charge is 2.17. The van der Waals surface area contributed by atoms with Crippen molar-refractivity contribution >= 4 is 23.4 Å². The highest BCUT2D eigenvalue weighted by atomic mass is 35.5. The van der Waals surface area contributed by atoms with Gasteiger partial charge in [-0.1, -0.05) is 32.4 Å². The van der Waals surface area contributed by atoms with Crippen LogP contribution in [0.4, 0.5) is 5.82 Å². The molecule has 0 fully saturated rings. The van der Waals surface area contributed by atoms with Crippen LogP contribution < -0.4 is 4.90 Å². The smallest absolute Gasteiger partial charge is 0.337 e. The standard InChI is InChI=1S/C12H17ClN2O2/c1-12(2,3)7-15(4)10-9(13)5-8(6-14-10)11(16)17/h5-6H,7H2,1-4H3,(H,16,17). The molecule has 17 heavy (non-hydrogen) atoms. The first kappa shape index (κ1) is 13.8. The van der Waals surface area contributed by atoms with Crippen LogP contribution in [0.3, 0.4) is 0 Å². The predicted octanol–water partition coefficient (Wildman–Crippen LogP) is 2.92. The van der Waals surface area contributed by atoms with Gasteiger partial charge in [0.25, 0.3) is 0 Å². The van der Waals surface area contributed by atoms with E-state index < -0.39 is 5.97 Å². The van der Waals surface area contributed by atoms with E-state index in [0.29, 0.717) is 10.8 Å². The van der Waals surface area contributed by atoms with Crippen molar-refractivity contribution in [3.8, 4) is 0 Å². The number of hydrogen-bond donors (Lipinski definition) is 1. The summed E-state index contributed by atoms with van der Waals surface area (Å²) in [6, 6.07) is 1.42. The van der Waals surface area contributed by atoms with Crippen molar-refractivity contribution in [2.75, 3.05) is 18.5 Å². The molecule has 0 bridgehead atoms. The Morgan fingerprint density at radius 3 is 2.53 bits per heavy atom. The number of halogens is 1. The van der Waals surface area contributed by atoms with Gasteiger partial charge in [-0.05, 0) is 11.5 Å². The third kappa shape index (κ3) is 3.89. The summed E-state index contributed by atoms with van der Waals surface area (Å²) in [5.41, 5.74) is 0.216. The van der Waals surface area contributed by atoms with Gasteiger partial charge in [-0.15, -0.1) is 0 Å². The largest absolute Gasteiger partial charge is 0.478 e. The highest BCUT2D eigenvalue weighted by molar-refractivity contribution is 6.33. The number of anilines is 1. The minimum atomic E-state index is -1.02. The van der Waals surface area contributed by atoms with E-state index in [2.05, 4.69) is 25.8 Å². The quantitative estimate of drug-likeness (QED) is 0.904. The van der Waals surface area contributed by atoms with Gasteiger partial charge in [0.15, 0.2) is 0 Å². The molecular formula is C12H17ClN2O2. The number of carboxylic acids is 1. The molecular weight excluding hydrogens is 240 g/mol. The van der Waals surface area contributed by atoms with Crippen molar-refractivity contribution in [2.24, 2.45) is 5.41 Å². The average molecular weight is 257 g/mol. The van der Waals surface area contributed by atoms with Gasteiger partial charge in [0.1, 0.15) is 5.82 Å². The topological polar surface area (TPSA) is 53.4 Å². The SMILES string of the molecule is CN(CC(C)(C)C)c1ncc(C(=O)O)cc1Cl. The number of carbonyl (C=O) groups is 1. The first-order valence-electron chi connectivity index (χ1n) is 5.31. The van der Waals surface area contributed by atoms with E-state index in [-0.39, 0.29) is 11.0 Å². The lowest BCUT2D eigenvalue weighted by Gasteiger charge is -2.27. The summed E-state index contributed by atoms with van der Waals surface area (Å²) in [5.74, 6) is -0.420. The molecule has 0 aromatic carbocycles. The molecule has 0 saturated carbocycles. The van der Waals surface area contributed by atoms with Crippen molar-refractivity contribution in [3.05, 3.63) is 22.8 Å². The average Bonchev–Trinajstić information content (AvgIpc) is 2.14. The summed E-state index contributed by atoms with van der Waals surface area (Å²) < 4.78 is 0. The number of hydrogen-bond acceptors (Lipinski definition) is 3. The van der Waals surface area contributed by atoms with Crippen LogP contribution in [-0.2, 0) is 0 Å². The summed E-state index contributed by atoms with van der Waals surface area (Å²) >= 11 is 6.03. The Hall–Kier alpha value is -1.29. The number of carboxylic acid groups (broad SMARTS) is 1. The fourth-order valence-corrected chi connectivity index (χ4v) is 1.93. The van der Waals surface area contributed by atoms with Crippen molar-refractivity contribution in [2.45, 2.75) is 20.8 Å². The molecule has 1 rings (SSSR count). The van der Waals surface area contributed by atoms with E-state index in [9.17, 15) is 4.79 Å². The Morgan fingerprint density at radius 2 is 2.12 bits per heavy atom. The molecule has 0 radical (unpaired) electrons. The van der Waals surface area contributed by atoms with Crippen LogP contribution in [0.1, 0.15) is 31.1 Å². The summed E-state index contributed by atoms with van der Waals surface area (Å²) in [4.78, 5) is 16.8. The summed E-state index contributed by atoms with van der Waals surface area (Å²) in [5, 5.41) is 9.17. The Bertz CT molecular complexity index is 427. The van der Waals surface area contributed by atoms with Gasteiger partial charge in [-0.25, -0.2) is 9.78 Å². The maximum atomic E-state index is 10.8. The highest BCUT2D eigenvalue weighted by Crippen LogP contribution is 2.26. The normalized spacial score (nSPS) is 11.4. The number of aromatic nitrogens is 1. The Balaban J connectivity index is 2.96. The fourth-order valence-electron chi connectivity index (χ4n) is 1.61. The van der Waals surface area contributed by atoms with Gasteiger partial charge in [0, 0.05) is 19.8 Å². The molecule has 0 atom stereocenters. The fraction of sp³-hybridized carbons (Fsp3) is 0.500. The first-order chi connectivity index (χ1) is 7.70. The van der Waals surface area contributed by atoms with Crippen molar-refractivity contribution in [1.82, 2.24) is 4.98 Å². The molecule has 94 valence electrons. The second-order valence-electron chi connectivity index (χ2n) is 5.25. The van der Waals surface area contributed by atoms with Crippen molar-refractivity contribution in [3.63, 3.8) is 0 Å². The number of aromatic carboxylic acids is 1. The van der Waals surface area contributed by atoms with Gasteiger partial charge < -0.3 is 10.0 Å². The molecule has 0 spiro atoms. The molecule has 1 aromatic heterocycles. The monoisotopic (exact) mass is 256 g/mol. The van der Waals surface area contributed by atoms with Gasteiger partial charge in [0.05, 0.1) is 10.6 Å². The first-order valence-corrected chi connectivity index (χ1v) is 5.68. The molecule has 1 heterocycles. The molecule has 0 saturated heterocycles. The van der Waals surface area contributed by atoms with Gasteiger partial charge in [-0.3, -0.25) is 0 Å². The number of nitrogens with zero attached hydrogens (tertiary/aromatic N) is 2. The van der Waals surface area contributed by atoms with E-state index in [1.54, 1.807) is 0 Å². The Kier molecular flexibility index (Phi) is 3.98. The minimum absolute atomic E-state index is 0.0999. The van der Waals surface area contributed by atoms with Crippen LogP contribution in [0.2, 0.25) is 5.02 Å². The zero-order valence-corrected chi connectivity index (χ0v) is 11.2. The van der Waals surface area contributed by atoms with Crippen LogP contribution in [0.25, 0.3) is 0 Å². The van der Waals surface area contributed by atoms with Crippen LogP contribution in [0, 0.1) is 5.41 Å². The molecule has 0 unspecified atom stereocenters. The van der Waals surface area contributed by atoms with Crippen LogP contribution in [-0.4, -0.2) is 29.7 Å². The molecule has 4 nitrogen and oxygen atoms in total. The second-order valence-corrected chi connectivity index (χ2v) is 5.66. The van der Waals surface area contributed by atoms with Gasteiger partial charge in [0.2, 0.25) is 0 Å². The van der Waals surface area contributed by atoms with Crippen LogP contribution >= 0.6 is 11.6 Å². The minimum Gasteiger partial charge on any atom is -0.478 e. The molecule has 1 aromatic rings. The summed E-state index contributed by atoms with van der Waals surface area (Å²) in [6.07, 6.45) is 1.32. The lowest BCUT2D eigenvalue weighted by Crippen LogP contribution is -2.30. The Labute approximate surface area is 106 Å². The third-order valence-electron chi connectivity index (χ3n) is 2.14. The molecule has 0 aliphatic heterocycles. The predicted molar refractivity (Wildman–Crippen MR) is 68.9 cm³/mol. The second kappa shape index (κ2) is 4.92. The van der Waals surface area contributed by atoms with E-state index in [0.717, 1.165) is 6.54 Å². The van der Waals surface area contributed by atoms with E-state index in [4.69, 9.17) is 16.7 Å². The maximum absolute atomic E-state index is 10.8. The van der Waals surface area contributed by atoms with E-state index in [1.807, 2.05) is 11.9 Å². The van der Waals surface area contributed by atoms with E-state index >= 15 is 0 Å². The van der Waals surface area contributed by atoms with Gasteiger partial charge >= 0.3 is 5.97 Å². The summed E-state index contributed by atoms with van der Waals surface area (Å²) in [7, 11) is 1.89. The molecule has 0 amide bonds.